The summed E-state index contributed by atoms with van der Waals surface area (Å²) in [4.78, 5) is 15.2. The van der Waals surface area contributed by atoms with Gasteiger partial charge in [-0.3, -0.25) is 4.79 Å². The molecule has 0 radical (unpaired) electrons. The number of amides is 1. The largest absolute Gasteiger partial charge is 0.464 e. The fraction of sp³-hybridized carbons (Fsp3) is 0.346. The first-order chi connectivity index (χ1) is 16.8. The fourth-order valence-electron chi connectivity index (χ4n) is 4.06. The number of sulfonamides is 1. The Kier molecular flexibility index (Phi) is 8.00. The molecule has 7 nitrogen and oxygen atoms in total. The SMILES string of the molecule is Cc1ccc(CN(Cc2ccc(F)cc2)C(=O)CN(CC2CCCO2)S(=O)(=O)c2ccccc2)o1. The molecule has 4 rings (SSSR count). The van der Waals surface area contributed by atoms with Crippen LogP contribution in [0.25, 0.3) is 0 Å². The molecule has 1 aliphatic heterocycles. The molecule has 35 heavy (non-hydrogen) atoms. The van der Waals surface area contributed by atoms with E-state index < -0.39 is 10.0 Å². The number of aryl methyl sites for hydroxylation is 1. The predicted octanol–water partition coefficient (Wildman–Crippen LogP) is 4.13. The van der Waals surface area contributed by atoms with Crippen molar-refractivity contribution in [2.24, 2.45) is 0 Å². The summed E-state index contributed by atoms with van der Waals surface area (Å²) >= 11 is 0. The van der Waals surface area contributed by atoms with Gasteiger partial charge >= 0.3 is 0 Å². The maximum atomic E-state index is 13.6. The van der Waals surface area contributed by atoms with Crippen molar-refractivity contribution < 1.29 is 26.8 Å². The molecule has 1 fully saturated rings. The first-order valence-corrected chi connectivity index (χ1v) is 13.0. The van der Waals surface area contributed by atoms with E-state index in [2.05, 4.69) is 0 Å². The van der Waals surface area contributed by atoms with E-state index in [1.807, 2.05) is 6.92 Å². The maximum Gasteiger partial charge on any atom is 0.243 e. The summed E-state index contributed by atoms with van der Waals surface area (Å²) in [5.74, 6) is 0.529. The second-order valence-corrected chi connectivity index (χ2v) is 10.6. The van der Waals surface area contributed by atoms with Crippen LogP contribution in [0.1, 0.15) is 29.9 Å². The van der Waals surface area contributed by atoms with Gasteiger partial charge in [0.2, 0.25) is 15.9 Å². The van der Waals surface area contributed by atoms with Crippen molar-refractivity contribution in [3.05, 3.63) is 89.6 Å². The van der Waals surface area contributed by atoms with E-state index in [0.29, 0.717) is 18.1 Å². The smallest absolute Gasteiger partial charge is 0.243 e. The third-order valence-electron chi connectivity index (χ3n) is 5.91. The average Bonchev–Trinajstić information content (AvgIpc) is 3.51. The zero-order valence-electron chi connectivity index (χ0n) is 19.6. The van der Waals surface area contributed by atoms with Crippen molar-refractivity contribution in [2.75, 3.05) is 19.7 Å². The Morgan fingerprint density at radius 2 is 1.77 bits per heavy atom. The summed E-state index contributed by atoms with van der Waals surface area (Å²) in [6, 6.07) is 17.5. The fourth-order valence-corrected chi connectivity index (χ4v) is 5.50. The lowest BCUT2D eigenvalue weighted by Gasteiger charge is -2.28. The Balaban J connectivity index is 1.59. The van der Waals surface area contributed by atoms with E-state index in [9.17, 15) is 17.6 Å². The molecule has 1 aromatic heterocycles. The number of nitrogens with zero attached hydrogens (tertiary/aromatic N) is 2. The standard InChI is InChI=1S/C26H29FN2O5S/c1-20-9-14-24(34-20)17-28(16-21-10-12-22(27)13-11-21)26(30)19-29(18-23-6-5-15-33-23)35(31,32)25-7-3-2-4-8-25/h2-4,7-14,23H,5-6,15-19H2,1H3. The third-order valence-corrected chi connectivity index (χ3v) is 7.73. The van der Waals surface area contributed by atoms with Gasteiger partial charge in [0.15, 0.2) is 0 Å². The molecule has 1 aliphatic rings. The predicted molar refractivity (Wildman–Crippen MR) is 128 cm³/mol. The summed E-state index contributed by atoms with van der Waals surface area (Å²) in [7, 11) is -3.93. The average molecular weight is 501 g/mol. The Hall–Kier alpha value is -3.01. The monoisotopic (exact) mass is 500 g/mol. The van der Waals surface area contributed by atoms with Crippen LogP contribution >= 0.6 is 0 Å². The molecule has 0 aliphatic carbocycles. The van der Waals surface area contributed by atoms with Crippen LogP contribution in [-0.4, -0.2) is 49.3 Å². The lowest BCUT2D eigenvalue weighted by molar-refractivity contribution is -0.133. The van der Waals surface area contributed by atoms with Crippen LogP contribution in [0.4, 0.5) is 4.39 Å². The van der Waals surface area contributed by atoms with Crippen molar-refractivity contribution in [3.8, 4) is 0 Å². The number of hydrogen-bond acceptors (Lipinski definition) is 5. The molecule has 3 aromatic rings. The van der Waals surface area contributed by atoms with Crippen LogP contribution in [0, 0.1) is 12.7 Å². The Morgan fingerprint density at radius 1 is 1.03 bits per heavy atom. The number of ether oxygens (including phenoxy) is 1. The van der Waals surface area contributed by atoms with Crippen molar-refractivity contribution in [3.63, 3.8) is 0 Å². The molecule has 186 valence electrons. The molecule has 1 amide bonds. The summed E-state index contributed by atoms with van der Waals surface area (Å²) in [6.45, 7) is 2.46. The van der Waals surface area contributed by atoms with E-state index in [-0.39, 0.29) is 48.9 Å². The Bertz CT molecular complexity index is 1220. The number of carbonyl (C=O) groups excluding carboxylic acids is 1. The molecule has 2 heterocycles. The second-order valence-electron chi connectivity index (χ2n) is 8.63. The van der Waals surface area contributed by atoms with E-state index in [4.69, 9.17) is 9.15 Å². The molecular weight excluding hydrogens is 471 g/mol. The number of benzene rings is 2. The van der Waals surface area contributed by atoms with Crippen LogP contribution in [0.15, 0.2) is 76.0 Å². The van der Waals surface area contributed by atoms with Gasteiger partial charge in [-0.25, -0.2) is 12.8 Å². The van der Waals surface area contributed by atoms with Crippen LogP contribution in [0.3, 0.4) is 0 Å². The topological polar surface area (TPSA) is 80.1 Å². The van der Waals surface area contributed by atoms with E-state index in [1.165, 1.54) is 33.5 Å². The Morgan fingerprint density at radius 3 is 2.40 bits per heavy atom. The van der Waals surface area contributed by atoms with Gasteiger partial charge in [-0.2, -0.15) is 4.31 Å². The highest BCUT2D eigenvalue weighted by Crippen LogP contribution is 2.21. The van der Waals surface area contributed by atoms with Gasteiger partial charge in [0.25, 0.3) is 0 Å². The van der Waals surface area contributed by atoms with Crippen molar-refractivity contribution in [1.29, 1.82) is 0 Å². The van der Waals surface area contributed by atoms with Gasteiger partial charge in [0.1, 0.15) is 17.3 Å². The summed E-state index contributed by atoms with van der Waals surface area (Å²) in [5, 5.41) is 0. The van der Waals surface area contributed by atoms with Gasteiger partial charge in [-0.15, -0.1) is 0 Å². The quantitative estimate of drug-likeness (QED) is 0.418. The first-order valence-electron chi connectivity index (χ1n) is 11.6. The van der Waals surface area contributed by atoms with Crippen molar-refractivity contribution in [2.45, 2.75) is 43.9 Å². The van der Waals surface area contributed by atoms with Crippen molar-refractivity contribution in [1.82, 2.24) is 9.21 Å². The summed E-state index contributed by atoms with van der Waals surface area (Å²) in [5.41, 5.74) is 0.722. The van der Waals surface area contributed by atoms with Gasteiger partial charge in [0.05, 0.1) is 24.1 Å². The molecular formula is C26H29FN2O5S. The van der Waals surface area contributed by atoms with Crippen LogP contribution in [0.5, 0.6) is 0 Å². The molecule has 1 atom stereocenters. The first kappa shape index (κ1) is 25.1. The molecule has 9 heteroatoms. The zero-order valence-corrected chi connectivity index (χ0v) is 20.4. The number of rotatable bonds is 10. The van der Waals surface area contributed by atoms with Gasteiger partial charge < -0.3 is 14.1 Å². The van der Waals surface area contributed by atoms with E-state index in [0.717, 1.165) is 18.4 Å². The highest BCUT2D eigenvalue weighted by molar-refractivity contribution is 7.89. The van der Waals surface area contributed by atoms with E-state index in [1.54, 1.807) is 42.5 Å². The minimum Gasteiger partial charge on any atom is -0.464 e. The number of furan rings is 1. The molecule has 0 bridgehead atoms. The molecule has 1 saturated heterocycles. The van der Waals surface area contributed by atoms with Gasteiger partial charge in [-0.05, 0) is 61.7 Å². The zero-order chi connectivity index (χ0) is 24.8. The number of hydrogen-bond donors (Lipinski definition) is 0. The maximum absolute atomic E-state index is 13.6. The summed E-state index contributed by atoms with van der Waals surface area (Å²) < 4.78 is 52.9. The van der Waals surface area contributed by atoms with Crippen LogP contribution < -0.4 is 0 Å². The van der Waals surface area contributed by atoms with Crippen LogP contribution in [0.2, 0.25) is 0 Å². The molecule has 0 N–H and O–H groups in total. The minimum absolute atomic E-state index is 0.0905. The highest BCUT2D eigenvalue weighted by atomic mass is 32.2. The third kappa shape index (κ3) is 6.56. The molecule has 0 saturated carbocycles. The number of carbonyl (C=O) groups is 1. The normalized spacial score (nSPS) is 16.0. The van der Waals surface area contributed by atoms with Crippen LogP contribution in [-0.2, 0) is 32.6 Å². The van der Waals surface area contributed by atoms with Crippen molar-refractivity contribution >= 4 is 15.9 Å². The minimum atomic E-state index is -3.93. The summed E-state index contributed by atoms with van der Waals surface area (Å²) in [6.07, 6.45) is 1.33. The van der Waals surface area contributed by atoms with E-state index >= 15 is 0 Å². The molecule has 0 spiro atoms. The molecule has 1 unspecified atom stereocenters. The van der Waals surface area contributed by atoms with Gasteiger partial charge in [0, 0.05) is 19.7 Å². The highest BCUT2D eigenvalue weighted by Gasteiger charge is 2.32. The second kappa shape index (κ2) is 11.2. The lowest BCUT2D eigenvalue weighted by Crippen LogP contribution is -2.45. The Labute approximate surface area is 205 Å². The lowest BCUT2D eigenvalue weighted by atomic mass is 10.2. The number of halogens is 1. The molecule has 2 aromatic carbocycles. The van der Waals surface area contributed by atoms with Gasteiger partial charge in [-0.1, -0.05) is 30.3 Å².